The number of carbonyl (C=O) groups is 1. The van der Waals surface area contributed by atoms with Crippen molar-refractivity contribution in [2.45, 2.75) is 38.4 Å². The standard InChI is InChI=1S/C23H29NO4/c1-26-19-11-7-17(8-12-19)15-24(16-18-9-13-20(27-2)14-10-18)22-6-4-5-21(22)23(25)28-3/h7-14,21-22H,4-6,15-16H2,1-3H3/t21-,22-/m0/s1. The van der Waals surface area contributed by atoms with Gasteiger partial charge >= 0.3 is 5.97 Å². The number of benzene rings is 2. The molecule has 2 aromatic carbocycles. The van der Waals surface area contributed by atoms with Gasteiger partial charge in [-0.05, 0) is 48.2 Å². The molecule has 1 aliphatic carbocycles. The molecule has 0 aromatic heterocycles. The summed E-state index contributed by atoms with van der Waals surface area (Å²) < 4.78 is 15.6. The van der Waals surface area contributed by atoms with Crippen LogP contribution in [0.3, 0.4) is 0 Å². The molecule has 5 heteroatoms. The molecular formula is C23H29NO4. The fourth-order valence-corrected chi connectivity index (χ4v) is 4.03. The van der Waals surface area contributed by atoms with E-state index in [0.29, 0.717) is 0 Å². The third-order valence-corrected chi connectivity index (χ3v) is 5.54. The zero-order valence-corrected chi connectivity index (χ0v) is 16.9. The Balaban J connectivity index is 1.82. The van der Waals surface area contributed by atoms with E-state index in [1.165, 1.54) is 18.2 Å². The van der Waals surface area contributed by atoms with Gasteiger partial charge in [-0.15, -0.1) is 0 Å². The maximum atomic E-state index is 12.3. The molecule has 5 nitrogen and oxygen atoms in total. The van der Waals surface area contributed by atoms with Crippen molar-refractivity contribution < 1.29 is 19.0 Å². The molecule has 0 saturated heterocycles. The molecule has 0 spiro atoms. The predicted octanol–water partition coefficient (Wildman–Crippen LogP) is 4.05. The second kappa shape index (κ2) is 9.60. The van der Waals surface area contributed by atoms with Gasteiger partial charge in [-0.3, -0.25) is 9.69 Å². The second-order valence-corrected chi connectivity index (χ2v) is 7.23. The Labute approximate surface area is 167 Å². The van der Waals surface area contributed by atoms with E-state index in [4.69, 9.17) is 14.2 Å². The molecule has 1 saturated carbocycles. The quantitative estimate of drug-likeness (QED) is 0.644. The van der Waals surface area contributed by atoms with E-state index in [1.807, 2.05) is 24.3 Å². The van der Waals surface area contributed by atoms with Gasteiger partial charge in [0.05, 0.1) is 27.2 Å². The van der Waals surface area contributed by atoms with Crippen molar-refractivity contribution in [1.29, 1.82) is 0 Å². The van der Waals surface area contributed by atoms with Gasteiger partial charge in [0.1, 0.15) is 11.5 Å². The summed E-state index contributed by atoms with van der Waals surface area (Å²) in [4.78, 5) is 14.7. The Hall–Kier alpha value is -2.53. The summed E-state index contributed by atoms with van der Waals surface area (Å²) in [6.45, 7) is 1.54. The van der Waals surface area contributed by atoms with Crippen LogP contribution in [-0.4, -0.2) is 38.2 Å². The van der Waals surface area contributed by atoms with E-state index >= 15 is 0 Å². The lowest BCUT2D eigenvalue weighted by Crippen LogP contribution is -2.40. The van der Waals surface area contributed by atoms with Gasteiger partial charge in [-0.2, -0.15) is 0 Å². The highest BCUT2D eigenvalue weighted by Crippen LogP contribution is 2.33. The molecule has 0 unspecified atom stereocenters. The second-order valence-electron chi connectivity index (χ2n) is 7.23. The van der Waals surface area contributed by atoms with Gasteiger partial charge in [0.25, 0.3) is 0 Å². The highest BCUT2D eigenvalue weighted by atomic mass is 16.5. The number of rotatable bonds is 8. The average molecular weight is 383 g/mol. The van der Waals surface area contributed by atoms with Crippen LogP contribution in [0.4, 0.5) is 0 Å². The Morgan fingerprint density at radius 3 is 1.79 bits per heavy atom. The predicted molar refractivity (Wildman–Crippen MR) is 108 cm³/mol. The molecule has 0 heterocycles. The van der Waals surface area contributed by atoms with Crippen molar-refractivity contribution in [3.05, 3.63) is 59.7 Å². The Morgan fingerprint density at radius 1 is 0.857 bits per heavy atom. The number of methoxy groups -OCH3 is 3. The lowest BCUT2D eigenvalue weighted by molar-refractivity contribution is -0.147. The van der Waals surface area contributed by atoms with Crippen molar-refractivity contribution in [1.82, 2.24) is 4.90 Å². The smallest absolute Gasteiger partial charge is 0.310 e. The first-order chi connectivity index (χ1) is 13.6. The Kier molecular flexibility index (Phi) is 6.93. The SMILES string of the molecule is COC(=O)[C@H]1CCC[C@@H]1N(Cc1ccc(OC)cc1)Cc1ccc(OC)cc1. The highest BCUT2D eigenvalue weighted by Gasteiger charge is 2.37. The molecule has 1 aliphatic rings. The summed E-state index contributed by atoms with van der Waals surface area (Å²) in [5, 5.41) is 0. The average Bonchev–Trinajstić information content (AvgIpc) is 3.23. The first-order valence-corrected chi connectivity index (χ1v) is 9.72. The number of hydrogen-bond acceptors (Lipinski definition) is 5. The van der Waals surface area contributed by atoms with E-state index in [-0.39, 0.29) is 17.9 Å². The summed E-state index contributed by atoms with van der Waals surface area (Å²) in [6, 6.07) is 16.4. The fourth-order valence-electron chi connectivity index (χ4n) is 4.03. The monoisotopic (exact) mass is 383 g/mol. The minimum Gasteiger partial charge on any atom is -0.497 e. The molecule has 3 rings (SSSR count). The van der Waals surface area contributed by atoms with Gasteiger partial charge in [0.2, 0.25) is 0 Å². The zero-order valence-electron chi connectivity index (χ0n) is 16.9. The third kappa shape index (κ3) is 4.84. The number of esters is 1. The van der Waals surface area contributed by atoms with Crippen LogP contribution in [-0.2, 0) is 22.6 Å². The molecule has 1 fully saturated rings. The Morgan fingerprint density at radius 2 is 1.36 bits per heavy atom. The minimum atomic E-state index is -0.100. The summed E-state index contributed by atoms with van der Waals surface area (Å²) in [7, 11) is 4.82. The van der Waals surface area contributed by atoms with Crippen molar-refractivity contribution >= 4 is 5.97 Å². The molecule has 0 bridgehead atoms. The number of nitrogens with zero attached hydrogens (tertiary/aromatic N) is 1. The topological polar surface area (TPSA) is 48.0 Å². The normalized spacial score (nSPS) is 18.9. The van der Waals surface area contributed by atoms with Crippen LogP contribution in [0.5, 0.6) is 11.5 Å². The van der Waals surface area contributed by atoms with Crippen LogP contribution in [0, 0.1) is 5.92 Å². The number of ether oxygens (including phenoxy) is 3. The summed E-state index contributed by atoms with van der Waals surface area (Å²) in [5.74, 6) is 1.52. The maximum Gasteiger partial charge on any atom is 0.310 e. The largest absolute Gasteiger partial charge is 0.497 e. The maximum absolute atomic E-state index is 12.3. The van der Waals surface area contributed by atoms with E-state index < -0.39 is 0 Å². The molecule has 0 N–H and O–H groups in total. The minimum absolute atomic E-state index is 0.0681. The van der Waals surface area contributed by atoms with E-state index in [9.17, 15) is 4.79 Å². The first-order valence-electron chi connectivity index (χ1n) is 9.72. The molecule has 2 atom stereocenters. The van der Waals surface area contributed by atoms with Crippen LogP contribution >= 0.6 is 0 Å². The van der Waals surface area contributed by atoms with E-state index in [1.54, 1.807) is 14.2 Å². The highest BCUT2D eigenvalue weighted by molar-refractivity contribution is 5.73. The summed E-state index contributed by atoms with van der Waals surface area (Å²) >= 11 is 0. The van der Waals surface area contributed by atoms with Crippen LogP contribution in [0.15, 0.2) is 48.5 Å². The van der Waals surface area contributed by atoms with Gasteiger partial charge in [-0.1, -0.05) is 30.7 Å². The van der Waals surface area contributed by atoms with Crippen molar-refractivity contribution in [2.24, 2.45) is 5.92 Å². The molecule has 0 aliphatic heterocycles. The molecule has 0 radical (unpaired) electrons. The molecule has 0 amide bonds. The summed E-state index contributed by atoms with van der Waals surface area (Å²) in [5.41, 5.74) is 2.40. The lowest BCUT2D eigenvalue weighted by atomic mass is 10.0. The van der Waals surface area contributed by atoms with Crippen LogP contribution in [0.25, 0.3) is 0 Å². The van der Waals surface area contributed by atoms with Gasteiger partial charge in [0.15, 0.2) is 0 Å². The molecule has 2 aromatic rings. The molecule has 150 valence electrons. The number of hydrogen-bond donors (Lipinski definition) is 0. The van der Waals surface area contributed by atoms with Crippen molar-refractivity contribution in [3.63, 3.8) is 0 Å². The van der Waals surface area contributed by atoms with Crippen LogP contribution in [0.1, 0.15) is 30.4 Å². The zero-order chi connectivity index (χ0) is 19.9. The van der Waals surface area contributed by atoms with Crippen LogP contribution in [0.2, 0.25) is 0 Å². The van der Waals surface area contributed by atoms with Crippen molar-refractivity contribution in [2.75, 3.05) is 21.3 Å². The van der Waals surface area contributed by atoms with Gasteiger partial charge in [-0.25, -0.2) is 0 Å². The molecule has 28 heavy (non-hydrogen) atoms. The van der Waals surface area contributed by atoms with Gasteiger partial charge in [0, 0.05) is 19.1 Å². The Bertz CT molecular complexity index is 708. The molecular weight excluding hydrogens is 354 g/mol. The van der Waals surface area contributed by atoms with Crippen LogP contribution < -0.4 is 9.47 Å². The fraction of sp³-hybridized carbons (Fsp3) is 0.435. The third-order valence-electron chi connectivity index (χ3n) is 5.54. The number of carbonyl (C=O) groups excluding carboxylic acids is 1. The first kappa shape index (κ1) is 20.2. The summed E-state index contributed by atoms with van der Waals surface area (Å²) in [6.07, 6.45) is 2.94. The van der Waals surface area contributed by atoms with E-state index in [2.05, 4.69) is 29.2 Å². The van der Waals surface area contributed by atoms with Crippen molar-refractivity contribution in [3.8, 4) is 11.5 Å². The van der Waals surface area contributed by atoms with Gasteiger partial charge < -0.3 is 14.2 Å². The lowest BCUT2D eigenvalue weighted by Gasteiger charge is -2.32. The van der Waals surface area contributed by atoms with E-state index in [0.717, 1.165) is 43.9 Å².